The van der Waals surface area contributed by atoms with Gasteiger partial charge in [-0.15, -0.1) is 0 Å². The lowest BCUT2D eigenvalue weighted by molar-refractivity contribution is -0.385. The summed E-state index contributed by atoms with van der Waals surface area (Å²) in [4.78, 5) is 22.5. The number of hydrogen-bond donors (Lipinski definition) is 1. The van der Waals surface area contributed by atoms with E-state index in [0.717, 1.165) is 24.0 Å². The van der Waals surface area contributed by atoms with Crippen molar-refractivity contribution in [2.45, 2.75) is 40.4 Å². The van der Waals surface area contributed by atoms with Gasteiger partial charge < -0.3 is 5.32 Å². The highest BCUT2D eigenvalue weighted by Gasteiger charge is 2.18. The second-order valence-electron chi connectivity index (χ2n) is 6.08. The van der Waals surface area contributed by atoms with E-state index in [9.17, 15) is 14.9 Å². The standard InChI is InChI=1S/C16H20N8O3/c1-4-22-11(2)13(5-18-22)8-21-9-14(6-17-21)20-16(25)10-23-12(3)15(7-19-23)24(26)27/h5-7,9H,4,8,10H2,1-3H3,(H,20,25). The SMILES string of the molecule is CCn1ncc(Cn2cc(NC(=O)Cn3ncc([N+](=O)[O-])c3C)cn2)c1C. The number of anilines is 1. The molecule has 11 heteroatoms. The van der Waals surface area contributed by atoms with Crippen LogP contribution in [0.5, 0.6) is 0 Å². The van der Waals surface area contributed by atoms with E-state index < -0.39 is 4.92 Å². The summed E-state index contributed by atoms with van der Waals surface area (Å²) < 4.78 is 4.91. The molecule has 0 bridgehead atoms. The number of aryl methyl sites for hydroxylation is 1. The number of hydrogen-bond acceptors (Lipinski definition) is 6. The molecule has 11 nitrogen and oxygen atoms in total. The van der Waals surface area contributed by atoms with Crippen LogP contribution in [0.25, 0.3) is 0 Å². The molecule has 0 unspecified atom stereocenters. The van der Waals surface area contributed by atoms with Crippen LogP contribution in [-0.4, -0.2) is 40.2 Å². The normalized spacial score (nSPS) is 10.9. The summed E-state index contributed by atoms with van der Waals surface area (Å²) in [5, 5.41) is 26.0. The van der Waals surface area contributed by atoms with Gasteiger partial charge in [0.2, 0.25) is 5.91 Å². The van der Waals surface area contributed by atoms with Gasteiger partial charge in [0, 0.05) is 24.0 Å². The van der Waals surface area contributed by atoms with Crippen molar-refractivity contribution in [1.82, 2.24) is 29.3 Å². The van der Waals surface area contributed by atoms with Gasteiger partial charge in [0.15, 0.2) is 0 Å². The fraction of sp³-hybridized carbons (Fsp3) is 0.375. The fourth-order valence-corrected chi connectivity index (χ4v) is 2.76. The minimum absolute atomic E-state index is 0.112. The Morgan fingerprint density at radius 3 is 2.52 bits per heavy atom. The maximum absolute atomic E-state index is 12.2. The number of aromatic nitrogens is 6. The monoisotopic (exact) mass is 372 g/mol. The largest absolute Gasteiger partial charge is 0.322 e. The van der Waals surface area contributed by atoms with Crippen molar-refractivity contribution < 1.29 is 9.72 Å². The first-order valence-electron chi connectivity index (χ1n) is 8.39. The van der Waals surface area contributed by atoms with Crippen LogP contribution in [-0.2, 0) is 24.4 Å². The zero-order chi connectivity index (χ0) is 19.6. The first-order chi connectivity index (χ1) is 12.9. The maximum atomic E-state index is 12.2. The van der Waals surface area contributed by atoms with Crippen molar-refractivity contribution in [1.29, 1.82) is 0 Å². The van der Waals surface area contributed by atoms with Crippen molar-refractivity contribution >= 4 is 17.3 Å². The van der Waals surface area contributed by atoms with E-state index in [2.05, 4.69) is 20.6 Å². The third kappa shape index (κ3) is 3.86. The Kier molecular flexibility index (Phi) is 5.01. The molecule has 0 saturated heterocycles. The average molecular weight is 372 g/mol. The molecule has 3 aromatic rings. The molecule has 0 aliphatic rings. The molecule has 3 aromatic heterocycles. The molecule has 3 heterocycles. The Hall–Kier alpha value is -3.50. The Morgan fingerprint density at radius 2 is 1.89 bits per heavy atom. The number of nitro groups is 1. The molecule has 27 heavy (non-hydrogen) atoms. The van der Waals surface area contributed by atoms with Crippen molar-refractivity contribution in [3.63, 3.8) is 0 Å². The molecule has 1 amide bonds. The van der Waals surface area contributed by atoms with Gasteiger partial charge in [0.25, 0.3) is 0 Å². The Balaban J connectivity index is 1.62. The maximum Gasteiger partial charge on any atom is 0.309 e. The summed E-state index contributed by atoms with van der Waals surface area (Å²) in [7, 11) is 0. The smallest absolute Gasteiger partial charge is 0.309 e. The molecule has 0 saturated carbocycles. The molecule has 1 N–H and O–H groups in total. The molecule has 142 valence electrons. The average Bonchev–Trinajstić information content (AvgIpc) is 3.30. The summed E-state index contributed by atoms with van der Waals surface area (Å²) in [6.07, 6.45) is 6.22. The number of nitrogens with one attached hydrogen (secondary N) is 1. The van der Waals surface area contributed by atoms with Crippen LogP contribution >= 0.6 is 0 Å². The van der Waals surface area contributed by atoms with Crippen LogP contribution in [0.15, 0.2) is 24.8 Å². The lowest BCUT2D eigenvalue weighted by Crippen LogP contribution is -2.20. The van der Waals surface area contributed by atoms with E-state index in [4.69, 9.17) is 0 Å². The van der Waals surface area contributed by atoms with Crippen molar-refractivity contribution in [3.8, 4) is 0 Å². The van der Waals surface area contributed by atoms with Gasteiger partial charge in [0.1, 0.15) is 18.4 Å². The summed E-state index contributed by atoms with van der Waals surface area (Å²) in [6.45, 7) is 6.82. The first-order valence-corrected chi connectivity index (χ1v) is 8.39. The second kappa shape index (κ2) is 7.40. The minimum Gasteiger partial charge on any atom is -0.322 e. The van der Waals surface area contributed by atoms with Gasteiger partial charge in [-0.1, -0.05) is 0 Å². The summed E-state index contributed by atoms with van der Waals surface area (Å²) >= 11 is 0. The van der Waals surface area contributed by atoms with Crippen LogP contribution in [0.4, 0.5) is 11.4 Å². The molecule has 0 aliphatic heterocycles. The number of carbonyl (C=O) groups excluding carboxylic acids is 1. The van der Waals surface area contributed by atoms with Gasteiger partial charge in [-0.05, 0) is 20.8 Å². The van der Waals surface area contributed by atoms with E-state index in [-0.39, 0.29) is 18.1 Å². The van der Waals surface area contributed by atoms with E-state index >= 15 is 0 Å². The number of carbonyl (C=O) groups is 1. The second-order valence-corrected chi connectivity index (χ2v) is 6.08. The van der Waals surface area contributed by atoms with E-state index in [1.807, 2.05) is 24.7 Å². The minimum atomic E-state index is -0.524. The van der Waals surface area contributed by atoms with E-state index in [1.165, 1.54) is 4.68 Å². The zero-order valence-electron chi connectivity index (χ0n) is 15.3. The number of nitrogens with zero attached hydrogens (tertiary/aromatic N) is 7. The van der Waals surface area contributed by atoms with E-state index in [1.54, 1.807) is 24.0 Å². The quantitative estimate of drug-likeness (QED) is 0.495. The first kappa shape index (κ1) is 18.3. The molecule has 0 aromatic carbocycles. The molecule has 0 spiro atoms. The van der Waals surface area contributed by atoms with E-state index in [0.29, 0.717) is 17.9 Å². The third-order valence-electron chi connectivity index (χ3n) is 4.32. The van der Waals surface area contributed by atoms with Crippen LogP contribution < -0.4 is 5.32 Å². The van der Waals surface area contributed by atoms with Gasteiger partial charge >= 0.3 is 5.69 Å². The van der Waals surface area contributed by atoms with Crippen LogP contribution in [0.2, 0.25) is 0 Å². The van der Waals surface area contributed by atoms with Crippen molar-refractivity contribution in [2.75, 3.05) is 5.32 Å². The van der Waals surface area contributed by atoms with Gasteiger partial charge in [-0.25, -0.2) is 0 Å². The van der Waals surface area contributed by atoms with Gasteiger partial charge in [0.05, 0.1) is 29.5 Å². The molecule has 0 radical (unpaired) electrons. The fourth-order valence-electron chi connectivity index (χ4n) is 2.76. The Labute approximate surface area is 154 Å². The zero-order valence-corrected chi connectivity index (χ0v) is 15.3. The van der Waals surface area contributed by atoms with Crippen molar-refractivity contribution in [2.24, 2.45) is 0 Å². The molecule has 0 atom stereocenters. The van der Waals surface area contributed by atoms with Crippen LogP contribution in [0.1, 0.15) is 23.9 Å². The number of rotatable bonds is 7. The Morgan fingerprint density at radius 1 is 1.15 bits per heavy atom. The Bertz CT molecular complexity index is 984. The third-order valence-corrected chi connectivity index (χ3v) is 4.32. The number of amides is 1. The summed E-state index contributed by atoms with van der Waals surface area (Å²) in [6, 6.07) is 0. The molecule has 3 rings (SSSR count). The van der Waals surface area contributed by atoms with Gasteiger partial charge in [-0.2, -0.15) is 15.3 Å². The van der Waals surface area contributed by atoms with Gasteiger partial charge in [-0.3, -0.25) is 29.0 Å². The van der Waals surface area contributed by atoms with Crippen molar-refractivity contribution in [3.05, 3.63) is 51.9 Å². The predicted octanol–water partition coefficient (Wildman–Crippen LogP) is 1.51. The summed E-state index contributed by atoms with van der Waals surface area (Å²) in [5.74, 6) is -0.342. The lowest BCUT2D eigenvalue weighted by Gasteiger charge is -2.04. The van der Waals surface area contributed by atoms with Crippen LogP contribution in [0.3, 0.4) is 0 Å². The molecule has 0 aliphatic carbocycles. The molecular formula is C16H20N8O3. The highest BCUT2D eigenvalue weighted by atomic mass is 16.6. The lowest BCUT2D eigenvalue weighted by atomic mass is 10.2. The molecule has 0 fully saturated rings. The molecular weight excluding hydrogens is 352 g/mol. The summed E-state index contributed by atoms with van der Waals surface area (Å²) in [5.41, 5.74) is 2.89. The highest BCUT2D eigenvalue weighted by molar-refractivity contribution is 5.90. The highest BCUT2D eigenvalue weighted by Crippen LogP contribution is 2.16. The predicted molar refractivity (Wildman–Crippen MR) is 96.2 cm³/mol. The topological polar surface area (TPSA) is 126 Å². The van der Waals surface area contributed by atoms with Crippen LogP contribution in [0, 0.1) is 24.0 Å².